The minimum Gasteiger partial charge on any atom is -0.459 e. The van der Waals surface area contributed by atoms with Crippen LogP contribution in [-0.4, -0.2) is 24.1 Å². The Morgan fingerprint density at radius 2 is 2.19 bits per heavy atom. The third kappa shape index (κ3) is 5.26. The summed E-state index contributed by atoms with van der Waals surface area (Å²) < 4.78 is 10.5. The van der Waals surface area contributed by atoms with Crippen LogP contribution in [0.1, 0.15) is 25.3 Å². The largest absolute Gasteiger partial charge is 0.459 e. The molecule has 0 unspecified atom stereocenters. The fourth-order valence-electron chi connectivity index (χ4n) is 2.13. The molecule has 0 saturated heterocycles. The Bertz CT molecular complexity index is 545. The van der Waals surface area contributed by atoms with E-state index in [0.717, 1.165) is 5.56 Å². The molecule has 0 N–H and O–H groups in total. The van der Waals surface area contributed by atoms with Gasteiger partial charge >= 0.3 is 11.9 Å². The van der Waals surface area contributed by atoms with Gasteiger partial charge in [-0.05, 0) is 11.6 Å². The van der Waals surface area contributed by atoms with Crippen molar-refractivity contribution in [3.05, 3.63) is 54.1 Å². The first-order chi connectivity index (χ1) is 10.1. The molecule has 0 fully saturated rings. The van der Waals surface area contributed by atoms with Gasteiger partial charge in [-0.3, -0.25) is 4.79 Å². The molecule has 110 valence electrons. The van der Waals surface area contributed by atoms with E-state index in [1.54, 1.807) is 6.08 Å². The normalized spacial score (nSPS) is 19.3. The Labute approximate surface area is 124 Å². The monoisotopic (exact) mass is 286 g/mol. The summed E-state index contributed by atoms with van der Waals surface area (Å²) in [4.78, 5) is 22.4. The summed E-state index contributed by atoms with van der Waals surface area (Å²) in [5, 5.41) is 0. The fourth-order valence-corrected chi connectivity index (χ4v) is 2.13. The Hall–Kier alpha value is -2.36. The summed E-state index contributed by atoms with van der Waals surface area (Å²) in [6.45, 7) is 1.37. The second kappa shape index (κ2) is 7.43. The summed E-state index contributed by atoms with van der Waals surface area (Å²) in [5.41, 5.74) is 1.02. The van der Waals surface area contributed by atoms with E-state index in [1.165, 1.54) is 13.0 Å². The highest BCUT2D eigenvalue weighted by Gasteiger charge is 2.21. The number of ether oxygens (including phenoxy) is 2. The van der Waals surface area contributed by atoms with E-state index in [1.807, 2.05) is 42.5 Å². The van der Waals surface area contributed by atoms with Gasteiger partial charge in [0, 0.05) is 25.8 Å². The van der Waals surface area contributed by atoms with Crippen molar-refractivity contribution in [2.75, 3.05) is 0 Å². The van der Waals surface area contributed by atoms with Crippen LogP contribution in [0, 0.1) is 0 Å². The van der Waals surface area contributed by atoms with E-state index in [0.29, 0.717) is 12.8 Å². The molecular weight excluding hydrogens is 268 g/mol. The van der Waals surface area contributed by atoms with Gasteiger partial charge in [0.15, 0.2) is 0 Å². The molecule has 0 aromatic heterocycles. The zero-order chi connectivity index (χ0) is 15.1. The van der Waals surface area contributed by atoms with Gasteiger partial charge in [0.05, 0.1) is 0 Å². The molecule has 1 aliphatic rings. The number of rotatable bonds is 5. The van der Waals surface area contributed by atoms with Crippen LogP contribution in [0.25, 0.3) is 6.08 Å². The van der Waals surface area contributed by atoms with Gasteiger partial charge in [-0.25, -0.2) is 4.79 Å². The maximum absolute atomic E-state index is 11.2. The maximum atomic E-state index is 11.2. The number of hydrogen-bond acceptors (Lipinski definition) is 4. The molecule has 0 radical (unpaired) electrons. The first kappa shape index (κ1) is 15.0. The van der Waals surface area contributed by atoms with E-state index in [-0.39, 0.29) is 18.0 Å². The molecule has 4 nitrogen and oxygen atoms in total. The predicted octanol–water partition coefficient (Wildman–Crippen LogP) is 2.89. The molecule has 1 heterocycles. The molecule has 0 spiro atoms. The third-order valence-corrected chi connectivity index (χ3v) is 3.05. The van der Waals surface area contributed by atoms with Crippen molar-refractivity contribution < 1.29 is 19.1 Å². The summed E-state index contributed by atoms with van der Waals surface area (Å²) in [6.07, 6.45) is 7.34. The lowest BCUT2D eigenvalue weighted by molar-refractivity contribution is -0.149. The molecule has 2 rings (SSSR count). The van der Waals surface area contributed by atoms with E-state index < -0.39 is 6.10 Å². The molecule has 0 saturated carbocycles. The second-order valence-electron chi connectivity index (χ2n) is 4.85. The van der Waals surface area contributed by atoms with Gasteiger partial charge in [0.25, 0.3) is 0 Å². The minimum absolute atomic E-state index is 0.257. The van der Waals surface area contributed by atoms with Crippen LogP contribution in [0.4, 0.5) is 0 Å². The summed E-state index contributed by atoms with van der Waals surface area (Å²) in [7, 11) is 0. The molecular formula is C17H18O4. The van der Waals surface area contributed by atoms with Crippen molar-refractivity contribution >= 4 is 18.0 Å². The number of carbonyl (C=O) groups excluding carboxylic acids is 2. The van der Waals surface area contributed by atoms with Crippen LogP contribution >= 0.6 is 0 Å². The summed E-state index contributed by atoms with van der Waals surface area (Å²) in [6, 6.07) is 9.74. The van der Waals surface area contributed by atoms with Gasteiger partial charge in [-0.15, -0.1) is 0 Å². The zero-order valence-electron chi connectivity index (χ0n) is 11.9. The average Bonchev–Trinajstić information content (AvgIpc) is 2.45. The Kier molecular flexibility index (Phi) is 5.32. The first-order valence-corrected chi connectivity index (χ1v) is 6.91. The van der Waals surface area contributed by atoms with Crippen molar-refractivity contribution in [3.8, 4) is 0 Å². The van der Waals surface area contributed by atoms with E-state index in [9.17, 15) is 9.59 Å². The quantitative estimate of drug-likeness (QED) is 0.781. The Morgan fingerprint density at radius 1 is 1.43 bits per heavy atom. The second-order valence-corrected chi connectivity index (χ2v) is 4.85. The summed E-state index contributed by atoms with van der Waals surface area (Å²) in [5.74, 6) is -0.699. The van der Waals surface area contributed by atoms with Gasteiger partial charge in [-0.1, -0.05) is 42.5 Å². The van der Waals surface area contributed by atoms with Crippen LogP contribution in [0.2, 0.25) is 0 Å². The maximum Gasteiger partial charge on any atom is 0.330 e. The molecule has 1 aliphatic heterocycles. The standard InChI is InChI=1S/C17H18O4/c1-13(18)20-16(11-10-14-6-3-2-4-7-14)12-15-8-5-9-17(19)21-15/h2-7,9-11,15-16H,8,12H2,1H3/t15-,16-/m0/s1. The Balaban J connectivity index is 2.00. The highest BCUT2D eigenvalue weighted by Crippen LogP contribution is 2.17. The van der Waals surface area contributed by atoms with Crippen molar-refractivity contribution in [2.45, 2.75) is 32.0 Å². The van der Waals surface area contributed by atoms with Gasteiger partial charge in [0.1, 0.15) is 12.2 Å². The topological polar surface area (TPSA) is 52.6 Å². The minimum atomic E-state index is -0.410. The van der Waals surface area contributed by atoms with Crippen LogP contribution < -0.4 is 0 Å². The molecule has 2 atom stereocenters. The smallest absolute Gasteiger partial charge is 0.330 e. The lowest BCUT2D eigenvalue weighted by Crippen LogP contribution is -2.26. The molecule has 21 heavy (non-hydrogen) atoms. The summed E-state index contributed by atoms with van der Waals surface area (Å²) >= 11 is 0. The van der Waals surface area contributed by atoms with Crippen molar-refractivity contribution in [1.29, 1.82) is 0 Å². The molecule has 1 aromatic rings. The van der Waals surface area contributed by atoms with E-state index in [2.05, 4.69) is 0 Å². The van der Waals surface area contributed by atoms with Crippen molar-refractivity contribution in [1.82, 2.24) is 0 Å². The van der Waals surface area contributed by atoms with Crippen molar-refractivity contribution in [2.24, 2.45) is 0 Å². The highest BCUT2D eigenvalue weighted by atomic mass is 16.6. The van der Waals surface area contributed by atoms with Crippen LogP contribution in [0.3, 0.4) is 0 Å². The SMILES string of the molecule is CC(=O)O[C@@H](C=Cc1ccccc1)C[C@@H]1CC=CC(=O)O1. The van der Waals surface area contributed by atoms with E-state index >= 15 is 0 Å². The highest BCUT2D eigenvalue weighted by molar-refractivity contribution is 5.82. The van der Waals surface area contributed by atoms with Gasteiger partial charge < -0.3 is 9.47 Å². The predicted molar refractivity (Wildman–Crippen MR) is 79.3 cm³/mol. The van der Waals surface area contributed by atoms with Gasteiger partial charge in [0.2, 0.25) is 0 Å². The molecule has 0 bridgehead atoms. The third-order valence-electron chi connectivity index (χ3n) is 3.05. The van der Waals surface area contributed by atoms with Crippen LogP contribution in [0.15, 0.2) is 48.6 Å². The number of esters is 2. The Morgan fingerprint density at radius 3 is 2.86 bits per heavy atom. The number of carbonyl (C=O) groups is 2. The zero-order valence-corrected chi connectivity index (χ0v) is 11.9. The first-order valence-electron chi connectivity index (χ1n) is 6.91. The van der Waals surface area contributed by atoms with E-state index in [4.69, 9.17) is 9.47 Å². The lowest BCUT2D eigenvalue weighted by Gasteiger charge is -2.22. The lowest BCUT2D eigenvalue weighted by atomic mass is 10.1. The van der Waals surface area contributed by atoms with Gasteiger partial charge in [-0.2, -0.15) is 0 Å². The molecule has 1 aromatic carbocycles. The number of benzene rings is 1. The fraction of sp³-hybridized carbons (Fsp3) is 0.294. The van der Waals surface area contributed by atoms with Crippen LogP contribution in [-0.2, 0) is 19.1 Å². The molecule has 0 aliphatic carbocycles. The number of cyclic esters (lactones) is 1. The molecule has 4 heteroatoms. The average molecular weight is 286 g/mol. The van der Waals surface area contributed by atoms with Crippen LogP contribution in [0.5, 0.6) is 0 Å². The number of hydrogen-bond donors (Lipinski definition) is 0. The molecule has 0 amide bonds. The van der Waals surface area contributed by atoms with Crippen molar-refractivity contribution in [3.63, 3.8) is 0 Å².